The van der Waals surface area contributed by atoms with E-state index in [0.717, 1.165) is 11.3 Å². The highest BCUT2D eigenvalue weighted by molar-refractivity contribution is 8.15. The monoisotopic (exact) mass is 320 g/mol. The molecule has 2 rings (SSSR count). The Morgan fingerprint density at radius 3 is 2.68 bits per heavy atom. The lowest BCUT2D eigenvalue weighted by atomic mass is 10.4. The Bertz CT molecular complexity index is 734. The van der Waals surface area contributed by atoms with Gasteiger partial charge in [0, 0.05) is 23.9 Å². The van der Waals surface area contributed by atoms with Crippen molar-refractivity contribution in [3.63, 3.8) is 0 Å². The number of carbonyl (C=O) groups excluding carboxylic acids is 1. The summed E-state index contributed by atoms with van der Waals surface area (Å²) < 4.78 is 24.0. The Hall–Kier alpha value is -1.45. The minimum atomic E-state index is -3.85. The van der Waals surface area contributed by atoms with Crippen molar-refractivity contribution < 1.29 is 13.2 Å². The maximum Gasteiger partial charge on any atom is 0.277 e. The highest BCUT2D eigenvalue weighted by atomic mass is 35.7. The number of thiazole rings is 1. The van der Waals surface area contributed by atoms with Crippen LogP contribution in [0.4, 0.5) is 5.13 Å². The highest BCUT2D eigenvalue weighted by Gasteiger charge is 2.20. The van der Waals surface area contributed by atoms with Crippen LogP contribution in [0, 0.1) is 6.92 Å². The van der Waals surface area contributed by atoms with Gasteiger partial charge in [-0.1, -0.05) is 11.3 Å². The largest absolute Gasteiger partial charge is 0.340 e. The highest BCUT2D eigenvalue weighted by Crippen LogP contribution is 2.29. The van der Waals surface area contributed by atoms with Gasteiger partial charge in [0.05, 0.1) is 12.0 Å². The quantitative estimate of drug-likeness (QED) is 0.862. The molecule has 1 amide bonds. The first-order valence-electron chi connectivity index (χ1n) is 4.99. The number of nitrogens with zero attached hydrogens (tertiary/aromatic N) is 3. The molecule has 0 saturated carbocycles. The summed E-state index contributed by atoms with van der Waals surface area (Å²) in [5.74, 6) is -0.465. The second kappa shape index (κ2) is 4.91. The number of nitrogens with one attached hydrogen (secondary N) is 1. The van der Waals surface area contributed by atoms with Gasteiger partial charge < -0.3 is 4.57 Å². The van der Waals surface area contributed by atoms with E-state index in [-0.39, 0.29) is 20.7 Å². The minimum Gasteiger partial charge on any atom is -0.340 e. The second-order valence-electron chi connectivity index (χ2n) is 3.71. The average Bonchev–Trinajstić information content (AvgIpc) is 2.84. The van der Waals surface area contributed by atoms with E-state index in [4.69, 9.17) is 10.7 Å². The summed E-state index contributed by atoms with van der Waals surface area (Å²) in [7, 11) is 3.13. The molecule has 0 aliphatic heterocycles. The first-order chi connectivity index (χ1) is 8.77. The molecule has 0 saturated heterocycles. The molecule has 10 heteroatoms. The Balaban J connectivity index is 2.23. The Kier molecular flexibility index (Phi) is 3.61. The van der Waals surface area contributed by atoms with Crippen LogP contribution in [0.25, 0.3) is 0 Å². The predicted octanol–water partition coefficient (Wildman–Crippen LogP) is 1.36. The molecule has 0 aromatic carbocycles. The molecular weight excluding hydrogens is 312 g/mol. The molecule has 0 fully saturated rings. The maximum atomic E-state index is 11.8. The van der Waals surface area contributed by atoms with Crippen LogP contribution < -0.4 is 5.32 Å². The zero-order valence-electron chi connectivity index (χ0n) is 9.92. The smallest absolute Gasteiger partial charge is 0.277 e. The number of carbonyl (C=O) groups is 1. The van der Waals surface area contributed by atoms with E-state index >= 15 is 0 Å². The fourth-order valence-electron chi connectivity index (χ4n) is 1.35. The normalized spacial score (nSPS) is 11.5. The number of aromatic nitrogens is 3. The van der Waals surface area contributed by atoms with Gasteiger partial charge in [0.1, 0.15) is 5.69 Å². The summed E-state index contributed by atoms with van der Waals surface area (Å²) in [5, 5.41) is 2.63. The summed E-state index contributed by atoms with van der Waals surface area (Å²) in [5.41, 5.74) is 0.460. The van der Waals surface area contributed by atoms with Crippen molar-refractivity contribution in [1.82, 2.24) is 14.5 Å². The summed E-state index contributed by atoms with van der Waals surface area (Å²) in [6.07, 6.45) is 3.02. The second-order valence-corrected chi connectivity index (χ2v) is 7.47. The van der Waals surface area contributed by atoms with E-state index in [1.165, 1.54) is 19.4 Å². The minimum absolute atomic E-state index is 0.0783. The van der Waals surface area contributed by atoms with Crippen LogP contribution in [-0.2, 0) is 16.1 Å². The van der Waals surface area contributed by atoms with Crippen molar-refractivity contribution in [2.75, 3.05) is 5.32 Å². The maximum absolute atomic E-state index is 11.8. The SMILES string of the molecule is Cc1nc(NC(=O)c2cn(C)cn2)sc1S(=O)(=O)Cl. The lowest BCUT2D eigenvalue weighted by Crippen LogP contribution is -2.12. The van der Waals surface area contributed by atoms with Crippen LogP contribution >= 0.6 is 22.0 Å². The van der Waals surface area contributed by atoms with Crippen LogP contribution in [0.3, 0.4) is 0 Å². The lowest BCUT2D eigenvalue weighted by Gasteiger charge is -1.96. The zero-order valence-corrected chi connectivity index (χ0v) is 12.3. The fourth-order valence-corrected chi connectivity index (χ4v) is 3.70. The van der Waals surface area contributed by atoms with Crippen LogP contribution in [0.5, 0.6) is 0 Å². The number of amides is 1. The zero-order chi connectivity index (χ0) is 14.2. The molecule has 1 N–H and O–H groups in total. The van der Waals surface area contributed by atoms with Crippen molar-refractivity contribution in [2.45, 2.75) is 11.1 Å². The number of rotatable bonds is 3. The van der Waals surface area contributed by atoms with Crippen LogP contribution in [0.15, 0.2) is 16.7 Å². The van der Waals surface area contributed by atoms with Gasteiger partial charge in [-0.15, -0.1) is 0 Å². The van der Waals surface area contributed by atoms with Crippen molar-refractivity contribution in [3.05, 3.63) is 23.9 Å². The molecule has 0 aliphatic rings. The van der Waals surface area contributed by atoms with Gasteiger partial charge in [0.15, 0.2) is 9.34 Å². The molecule has 7 nitrogen and oxygen atoms in total. The van der Waals surface area contributed by atoms with Gasteiger partial charge in [0.25, 0.3) is 15.0 Å². The fraction of sp³-hybridized carbons (Fsp3) is 0.222. The van der Waals surface area contributed by atoms with Gasteiger partial charge >= 0.3 is 0 Å². The van der Waals surface area contributed by atoms with Gasteiger partial charge in [-0.3, -0.25) is 10.1 Å². The van der Waals surface area contributed by atoms with Gasteiger partial charge in [-0.2, -0.15) is 0 Å². The molecule has 2 heterocycles. The Morgan fingerprint density at radius 1 is 1.53 bits per heavy atom. The number of aryl methyl sites for hydroxylation is 2. The van der Waals surface area contributed by atoms with Gasteiger partial charge in [-0.05, 0) is 6.92 Å². The lowest BCUT2D eigenvalue weighted by molar-refractivity contribution is 0.102. The Morgan fingerprint density at radius 2 is 2.21 bits per heavy atom. The number of imidazole rings is 1. The number of hydrogen-bond acceptors (Lipinski definition) is 6. The predicted molar refractivity (Wildman–Crippen MR) is 71.1 cm³/mol. The van der Waals surface area contributed by atoms with Crippen LogP contribution in [-0.4, -0.2) is 28.9 Å². The van der Waals surface area contributed by atoms with Crippen LogP contribution in [0.2, 0.25) is 0 Å². The van der Waals surface area contributed by atoms with Crippen molar-refractivity contribution in [2.24, 2.45) is 7.05 Å². The molecule has 0 atom stereocenters. The molecule has 102 valence electrons. The molecule has 0 radical (unpaired) electrons. The van der Waals surface area contributed by atoms with E-state index in [2.05, 4.69) is 15.3 Å². The summed E-state index contributed by atoms with van der Waals surface area (Å²) >= 11 is 0.799. The molecule has 0 aliphatic carbocycles. The van der Waals surface area contributed by atoms with Crippen molar-refractivity contribution in [3.8, 4) is 0 Å². The average molecular weight is 321 g/mol. The third kappa shape index (κ3) is 3.11. The molecule has 19 heavy (non-hydrogen) atoms. The standard InChI is InChI=1S/C9H9ClN4O3S2/c1-5-8(19(10,16)17)18-9(12-5)13-7(15)6-3-14(2)4-11-6/h3-4H,1-2H3,(H,12,13,15). The first kappa shape index (κ1) is 14.0. The van der Waals surface area contributed by atoms with E-state index in [0.29, 0.717) is 0 Å². The topological polar surface area (TPSA) is 93.9 Å². The number of hydrogen-bond donors (Lipinski definition) is 1. The van der Waals surface area contributed by atoms with E-state index < -0.39 is 15.0 Å². The number of halogens is 1. The first-order valence-corrected chi connectivity index (χ1v) is 8.11. The summed E-state index contributed by atoms with van der Waals surface area (Å²) in [4.78, 5) is 19.6. The summed E-state index contributed by atoms with van der Waals surface area (Å²) in [6.45, 7) is 1.50. The molecule has 2 aromatic heterocycles. The van der Waals surface area contributed by atoms with Gasteiger partial charge in [-0.25, -0.2) is 18.4 Å². The van der Waals surface area contributed by atoms with Gasteiger partial charge in [0.2, 0.25) is 0 Å². The third-order valence-corrected chi connectivity index (χ3v) is 5.38. The van der Waals surface area contributed by atoms with E-state index in [1.807, 2.05) is 0 Å². The molecule has 0 bridgehead atoms. The third-order valence-electron chi connectivity index (χ3n) is 2.13. The molecular formula is C9H9ClN4O3S2. The molecule has 2 aromatic rings. The number of anilines is 1. The summed E-state index contributed by atoms with van der Waals surface area (Å²) in [6, 6.07) is 0. The van der Waals surface area contributed by atoms with Crippen molar-refractivity contribution in [1.29, 1.82) is 0 Å². The molecule has 0 spiro atoms. The van der Waals surface area contributed by atoms with E-state index in [9.17, 15) is 13.2 Å². The molecule has 0 unspecified atom stereocenters. The Labute approximate surface area is 117 Å². The van der Waals surface area contributed by atoms with E-state index in [1.54, 1.807) is 11.6 Å². The van der Waals surface area contributed by atoms with Crippen molar-refractivity contribution >= 4 is 42.1 Å². The van der Waals surface area contributed by atoms with Crippen LogP contribution in [0.1, 0.15) is 16.2 Å².